The number of aromatic nitrogens is 1. The predicted octanol–water partition coefficient (Wildman–Crippen LogP) is 9.03. The van der Waals surface area contributed by atoms with Crippen LogP contribution < -0.4 is 4.74 Å². The van der Waals surface area contributed by atoms with Crippen molar-refractivity contribution in [3.63, 3.8) is 0 Å². The van der Waals surface area contributed by atoms with Gasteiger partial charge in [-0.2, -0.15) is 0 Å². The number of nitrogens with zero attached hydrogens (tertiary/aromatic N) is 1. The monoisotopic (exact) mass is 435 g/mol. The highest BCUT2D eigenvalue weighted by molar-refractivity contribution is 5.60. The molecule has 0 unspecified atom stereocenters. The molecule has 176 valence electrons. The maximum absolute atomic E-state index is 6.15. The van der Waals surface area contributed by atoms with Gasteiger partial charge in [0.25, 0.3) is 0 Å². The fourth-order valence-corrected chi connectivity index (χ4v) is 4.98. The van der Waals surface area contributed by atoms with Gasteiger partial charge in [-0.15, -0.1) is 0 Å². The molecule has 0 aliphatic heterocycles. The lowest BCUT2D eigenvalue weighted by Gasteiger charge is -2.28. The lowest BCUT2D eigenvalue weighted by molar-refractivity contribution is 0.177. The molecule has 0 spiro atoms. The molecule has 0 amide bonds. The fraction of sp³-hybridized carbons (Fsp3) is 0.633. The maximum atomic E-state index is 6.15. The first-order chi connectivity index (χ1) is 15.8. The molecule has 1 aromatic heterocycles. The number of hydrogen-bond donors (Lipinski definition) is 0. The summed E-state index contributed by atoms with van der Waals surface area (Å²) in [7, 11) is 0. The lowest BCUT2D eigenvalue weighted by Crippen LogP contribution is -2.20. The van der Waals surface area contributed by atoms with Gasteiger partial charge in [0, 0.05) is 11.8 Å². The minimum absolute atomic E-state index is 0.730. The van der Waals surface area contributed by atoms with E-state index in [1.54, 1.807) is 0 Å². The first-order valence-corrected chi connectivity index (χ1v) is 13.5. The Hall–Kier alpha value is -1.83. The number of aryl methyl sites for hydroxylation is 1. The van der Waals surface area contributed by atoms with Gasteiger partial charge in [0.2, 0.25) is 0 Å². The van der Waals surface area contributed by atoms with E-state index in [1.165, 1.54) is 89.0 Å². The van der Waals surface area contributed by atoms with Crippen LogP contribution in [0, 0.1) is 11.8 Å². The summed E-state index contributed by atoms with van der Waals surface area (Å²) in [5, 5.41) is 0. The van der Waals surface area contributed by atoms with Crippen molar-refractivity contribution in [2.75, 3.05) is 6.61 Å². The van der Waals surface area contributed by atoms with Gasteiger partial charge in [-0.3, -0.25) is 4.98 Å². The van der Waals surface area contributed by atoms with Crippen molar-refractivity contribution >= 4 is 0 Å². The fourth-order valence-electron chi connectivity index (χ4n) is 4.98. The van der Waals surface area contributed by atoms with E-state index in [0.29, 0.717) is 0 Å². The van der Waals surface area contributed by atoms with E-state index >= 15 is 0 Å². The summed E-state index contributed by atoms with van der Waals surface area (Å²) in [6.45, 7) is 5.41. The third kappa shape index (κ3) is 8.60. The molecule has 1 aromatic carbocycles. The molecule has 1 heterocycles. The Morgan fingerprint density at radius 1 is 0.750 bits per heavy atom. The molecule has 1 aliphatic rings. The number of rotatable bonds is 14. The van der Waals surface area contributed by atoms with Crippen LogP contribution in [0.15, 0.2) is 42.6 Å². The minimum atomic E-state index is 0.730. The van der Waals surface area contributed by atoms with Crippen molar-refractivity contribution in [3.8, 4) is 17.0 Å². The van der Waals surface area contributed by atoms with Crippen LogP contribution in [0.4, 0.5) is 0 Å². The second kappa shape index (κ2) is 14.3. The summed E-state index contributed by atoms with van der Waals surface area (Å²) in [4.78, 5) is 4.68. The van der Waals surface area contributed by atoms with Crippen molar-refractivity contribution in [2.24, 2.45) is 11.8 Å². The quantitative estimate of drug-likeness (QED) is 0.276. The standard InChI is InChI=1S/C30H45NO/c1-3-5-7-8-10-11-25-13-15-27(16-14-25)24-32-29-20-18-28(19-21-29)30-22-17-26(23-31-30)12-9-6-4-2/h17-23,25,27H,3-16,24H2,1-2H3. The molecule has 1 saturated carbocycles. The summed E-state index contributed by atoms with van der Waals surface area (Å²) in [6, 6.07) is 12.9. The van der Waals surface area contributed by atoms with Gasteiger partial charge in [0.15, 0.2) is 0 Å². The van der Waals surface area contributed by atoms with E-state index < -0.39 is 0 Å². The van der Waals surface area contributed by atoms with Crippen LogP contribution >= 0.6 is 0 Å². The molecule has 0 saturated heterocycles. The van der Waals surface area contributed by atoms with Crippen LogP contribution in [-0.2, 0) is 6.42 Å². The number of pyridine rings is 1. The molecule has 0 radical (unpaired) electrons. The van der Waals surface area contributed by atoms with E-state index in [4.69, 9.17) is 4.74 Å². The van der Waals surface area contributed by atoms with Crippen molar-refractivity contribution in [2.45, 2.75) is 104 Å². The zero-order valence-corrected chi connectivity index (χ0v) is 20.7. The molecule has 1 aliphatic carbocycles. The summed E-state index contributed by atoms with van der Waals surface area (Å²) in [5.74, 6) is 2.69. The highest BCUT2D eigenvalue weighted by Gasteiger charge is 2.21. The van der Waals surface area contributed by atoms with Gasteiger partial charge in [-0.05, 0) is 73.4 Å². The Morgan fingerprint density at radius 2 is 1.44 bits per heavy atom. The van der Waals surface area contributed by atoms with Crippen LogP contribution in [0.25, 0.3) is 11.3 Å². The number of unbranched alkanes of at least 4 members (excludes halogenated alkanes) is 6. The van der Waals surface area contributed by atoms with Crippen LogP contribution in [0.3, 0.4) is 0 Å². The molecule has 0 N–H and O–H groups in total. The molecular formula is C30H45NO. The topological polar surface area (TPSA) is 22.1 Å². The van der Waals surface area contributed by atoms with Crippen LogP contribution in [-0.4, -0.2) is 11.6 Å². The van der Waals surface area contributed by atoms with Crippen molar-refractivity contribution in [3.05, 3.63) is 48.2 Å². The van der Waals surface area contributed by atoms with E-state index in [2.05, 4.69) is 55.2 Å². The number of benzene rings is 1. The molecule has 1 fully saturated rings. The second-order valence-corrected chi connectivity index (χ2v) is 9.93. The van der Waals surface area contributed by atoms with E-state index in [1.807, 2.05) is 6.20 Å². The number of ether oxygens (including phenoxy) is 1. The Bertz CT molecular complexity index is 728. The molecule has 2 nitrogen and oxygen atoms in total. The Labute approximate surface area is 197 Å². The molecule has 0 atom stereocenters. The van der Waals surface area contributed by atoms with E-state index in [0.717, 1.165) is 41.9 Å². The van der Waals surface area contributed by atoms with Gasteiger partial charge in [0.05, 0.1) is 12.3 Å². The van der Waals surface area contributed by atoms with Crippen molar-refractivity contribution in [1.29, 1.82) is 0 Å². The SMILES string of the molecule is CCCCCCCC1CCC(COc2ccc(-c3ccc(CCCCC)cn3)cc2)CC1. The van der Waals surface area contributed by atoms with E-state index in [-0.39, 0.29) is 0 Å². The smallest absolute Gasteiger partial charge is 0.119 e. The Balaban J connectivity index is 1.35. The normalized spacial score (nSPS) is 18.6. The average molecular weight is 436 g/mol. The number of hydrogen-bond acceptors (Lipinski definition) is 2. The van der Waals surface area contributed by atoms with Crippen molar-refractivity contribution < 1.29 is 4.74 Å². The van der Waals surface area contributed by atoms with Crippen LogP contribution in [0.5, 0.6) is 5.75 Å². The van der Waals surface area contributed by atoms with Gasteiger partial charge >= 0.3 is 0 Å². The molecule has 2 aromatic rings. The van der Waals surface area contributed by atoms with Gasteiger partial charge < -0.3 is 4.74 Å². The Morgan fingerprint density at radius 3 is 2.12 bits per heavy atom. The molecule has 32 heavy (non-hydrogen) atoms. The average Bonchev–Trinajstić information content (AvgIpc) is 2.84. The van der Waals surface area contributed by atoms with E-state index in [9.17, 15) is 0 Å². The zero-order chi connectivity index (χ0) is 22.4. The molecular weight excluding hydrogens is 390 g/mol. The third-order valence-electron chi connectivity index (χ3n) is 7.21. The van der Waals surface area contributed by atoms with Crippen LogP contribution in [0.2, 0.25) is 0 Å². The summed E-state index contributed by atoms with van der Waals surface area (Å²) < 4.78 is 6.15. The predicted molar refractivity (Wildman–Crippen MR) is 137 cm³/mol. The molecule has 2 heteroatoms. The highest BCUT2D eigenvalue weighted by Crippen LogP contribution is 2.32. The van der Waals surface area contributed by atoms with Gasteiger partial charge in [0.1, 0.15) is 5.75 Å². The largest absolute Gasteiger partial charge is 0.493 e. The van der Waals surface area contributed by atoms with Gasteiger partial charge in [-0.1, -0.05) is 84.1 Å². The second-order valence-electron chi connectivity index (χ2n) is 9.93. The first kappa shape index (κ1) is 24.8. The highest BCUT2D eigenvalue weighted by atomic mass is 16.5. The lowest BCUT2D eigenvalue weighted by atomic mass is 9.80. The maximum Gasteiger partial charge on any atom is 0.119 e. The van der Waals surface area contributed by atoms with Crippen LogP contribution in [0.1, 0.15) is 103 Å². The summed E-state index contributed by atoms with van der Waals surface area (Å²) in [5.41, 5.74) is 3.55. The Kier molecular flexibility index (Phi) is 11.1. The summed E-state index contributed by atoms with van der Waals surface area (Å²) in [6.07, 6.45) is 21.0. The molecule has 0 bridgehead atoms. The third-order valence-corrected chi connectivity index (χ3v) is 7.21. The molecule has 3 rings (SSSR count). The first-order valence-electron chi connectivity index (χ1n) is 13.5. The summed E-state index contributed by atoms with van der Waals surface area (Å²) >= 11 is 0. The zero-order valence-electron chi connectivity index (χ0n) is 20.7. The van der Waals surface area contributed by atoms with Crippen molar-refractivity contribution in [1.82, 2.24) is 4.98 Å². The minimum Gasteiger partial charge on any atom is -0.493 e. The van der Waals surface area contributed by atoms with Gasteiger partial charge in [-0.25, -0.2) is 0 Å².